The first-order valence-electron chi connectivity index (χ1n) is 11.3. The topological polar surface area (TPSA) is 82.8 Å². The Labute approximate surface area is 200 Å². The molecule has 8 nitrogen and oxygen atoms in total. The molecule has 34 heavy (non-hydrogen) atoms. The number of piperazine rings is 1. The molecule has 2 aliphatic heterocycles. The quantitative estimate of drug-likeness (QED) is 0.453. The molecule has 0 radical (unpaired) electrons. The number of likely N-dealkylation sites (tertiary alicyclic amines) is 1. The van der Waals surface area contributed by atoms with Crippen molar-refractivity contribution in [3.05, 3.63) is 71.0 Å². The molecule has 5 heterocycles. The summed E-state index contributed by atoms with van der Waals surface area (Å²) in [5.41, 5.74) is 2.54. The van der Waals surface area contributed by atoms with E-state index in [1.54, 1.807) is 18.5 Å². The van der Waals surface area contributed by atoms with Gasteiger partial charge in [-0.25, -0.2) is 9.97 Å². The van der Waals surface area contributed by atoms with Crippen molar-refractivity contribution in [2.75, 3.05) is 39.3 Å². The van der Waals surface area contributed by atoms with Gasteiger partial charge in [0.15, 0.2) is 10.8 Å². The van der Waals surface area contributed by atoms with Crippen molar-refractivity contribution in [3.63, 3.8) is 0 Å². The molecule has 6 rings (SSSR count). The highest BCUT2D eigenvalue weighted by atomic mass is 32.1. The van der Waals surface area contributed by atoms with Gasteiger partial charge in [0, 0.05) is 74.0 Å². The predicted molar refractivity (Wildman–Crippen MR) is 129 cm³/mol. The fourth-order valence-corrected chi connectivity index (χ4v) is 5.19. The lowest BCUT2D eigenvalue weighted by molar-refractivity contribution is 0.00707. The maximum absolute atomic E-state index is 13.0. The average molecular weight is 474 g/mol. The van der Waals surface area contributed by atoms with Crippen LogP contribution < -0.4 is 0 Å². The molecule has 4 aromatic rings. The number of benzene rings is 1. The van der Waals surface area contributed by atoms with Crippen LogP contribution in [0.15, 0.2) is 64.7 Å². The molecule has 172 valence electrons. The van der Waals surface area contributed by atoms with E-state index in [9.17, 15) is 9.59 Å². The van der Waals surface area contributed by atoms with Crippen LogP contribution in [0.2, 0.25) is 0 Å². The predicted octanol–water partition coefficient (Wildman–Crippen LogP) is 3.23. The van der Waals surface area contributed by atoms with E-state index in [1.807, 2.05) is 51.6 Å². The van der Waals surface area contributed by atoms with E-state index in [4.69, 9.17) is 4.42 Å². The number of rotatable bonds is 4. The Kier molecular flexibility index (Phi) is 5.35. The van der Waals surface area contributed by atoms with E-state index >= 15 is 0 Å². The summed E-state index contributed by atoms with van der Waals surface area (Å²) in [4.78, 5) is 40.0. The van der Waals surface area contributed by atoms with E-state index in [0.29, 0.717) is 48.7 Å². The Bertz CT molecular complexity index is 1320. The molecule has 0 atom stereocenters. The lowest BCUT2D eigenvalue weighted by atomic mass is 10.1. The molecule has 0 saturated carbocycles. The van der Waals surface area contributed by atoms with Crippen LogP contribution in [0.25, 0.3) is 22.2 Å². The number of pyridine rings is 1. The van der Waals surface area contributed by atoms with Crippen molar-refractivity contribution in [2.24, 2.45) is 0 Å². The standard InChI is InChI=1S/C25H23N5O3S/c31-24(21-13-18-12-19(14-27-22(18)33-21)17-4-2-1-3-5-17)30-15-20(16-30)28-7-9-29(10-8-28)25(32)23-26-6-11-34-23/h1-6,11-14,20H,7-10,15-16H2. The summed E-state index contributed by atoms with van der Waals surface area (Å²) in [7, 11) is 0. The van der Waals surface area contributed by atoms with Gasteiger partial charge in [-0.15, -0.1) is 11.3 Å². The average Bonchev–Trinajstić information content (AvgIpc) is 3.53. The molecular weight excluding hydrogens is 450 g/mol. The molecule has 0 bridgehead atoms. The molecule has 0 spiro atoms. The van der Waals surface area contributed by atoms with Crippen LogP contribution in [-0.2, 0) is 0 Å². The Balaban J connectivity index is 1.06. The van der Waals surface area contributed by atoms with E-state index in [-0.39, 0.29) is 11.8 Å². The smallest absolute Gasteiger partial charge is 0.289 e. The molecule has 1 aromatic carbocycles. The number of hydrogen-bond donors (Lipinski definition) is 0. The molecule has 2 saturated heterocycles. The van der Waals surface area contributed by atoms with Crippen molar-refractivity contribution in [1.29, 1.82) is 0 Å². The molecule has 3 aromatic heterocycles. The number of thiazole rings is 1. The zero-order valence-corrected chi connectivity index (χ0v) is 19.3. The lowest BCUT2D eigenvalue weighted by Gasteiger charge is -2.47. The van der Waals surface area contributed by atoms with Crippen LogP contribution in [0, 0.1) is 0 Å². The monoisotopic (exact) mass is 473 g/mol. The fourth-order valence-electron chi connectivity index (χ4n) is 4.59. The third-order valence-electron chi connectivity index (χ3n) is 6.57. The van der Waals surface area contributed by atoms with Crippen molar-refractivity contribution >= 4 is 34.3 Å². The highest BCUT2D eigenvalue weighted by Gasteiger charge is 2.38. The number of carbonyl (C=O) groups excluding carboxylic acids is 2. The second-order valence-electron chi connectivity index (χ2n) is 8.62. The summed E-state index contributed by atoms with van der Waals surface area (Å²) in [6.45, 7) is 4.31. The number of amides is 2. The first kappa shape index (κ1) is 21.0. The zero-order valence-electron chi connectivity index (χ0n) is 18.5. The number of hydrogen-bond acceptors (Lipinski definition) is 7. The summed E-state index contributed by atoms with van der Waals surface area (Å²) in [6.07, 6.45) is 3.43. The minimum absolute atomic E-state index is 0.00832. The number of nitrogens with zero attached hydrogens (tertiary/aromatic N) is 5. The molecule has 0 aliphatic carbocycles. The van der Waals surface area contributed by atoms with Gasteiger partial charge in [-0.3, -0.25) is 14.5 Å². The van der Waals surface area contributed by atoms with Gasteiger partial charge in [0.05, 0.1) is 0 Å². The van der Waals surface area contributed by atoms with Gasteiger partial charge in [0.1, 0.15) is 0 Å². The number of fused-ring (bicyclic) bond motifs is 1. The third-order valence-corrected chi connectivity index (χ3v) is 7.33. The molecule has 0 N–H and O–H groups in total. The number of carbonyl (C=O) groups is 2. The number of aromatic nitrogens is 2. The van der Waals surface area contributed by atoms with Crippen LogP contribution in [0.4, 0.5) is 0 Å². The van der Waals surface area contributed by atoms with Gasteiger partial charge in [0.2, 0.25) is 5.71 Å². The number of furan rings is 1. The van der Waals surface area contributed by atoms with Crippen LogP contribution in [0.5, 0.6) is 0 Å². The van der Waals surface area contributed by atoms with Crippen LogP contribution in [0.3, 0.4) is 0 Å². The lowest BCUT2D eigenvalue weighted by Crippen LogP contribution is -2.64. The van der Waals surface area contributed by atoms with E-state index < -0.39 is 0 Å². The van der Waals surface area contributed by atoms with Gasteiger partial charge < -0.3 is 14.2 Å². The van der Waals surface area contributed by atoms with Gasteiger partial charge in [-0.1, -0.05) is 30.3 Å². The maximum Gasteiger partial charge on any atom is 0.289 e. The second-order valence-corrected chi connectivity index (χ2v) is 9.52. The molecule has 2 amide bonds. The summed E-state index contributed by atoms with van der Waals surface area (Å²) in [5, 5.41) is 3.19. The van der Waals surface area contributed by atoms with E-state index in [0.717, 1.165) is 29.6 Å². The summed E-state index contributed by atoms with van der Waals surface area (Å²) < 4.78 is 5.77. The van der Waals surface area contributed by atoms with Crippen LogP contribution in [0.1, 0.15) is 20.4 Å². The Morgan fingerprint density at radius 2 is 1.71 bits per heavy atom. The molecule has 2 aliphatic rings. The highest BCUT2D eigenvalue weighted by molar-refractivity contribution is 7.11. The SMILES string of the molecule is O=C(c1cc2cc(-c3ccccc3)cnc2o1)N1CC(N2CCN(C(=O)c3nccs3)CC2)C1. The first-order chi connectivity index (χ1) is 16.7. The fraction of sp³-hybridized carbons (Fsp3) is 0.280. The largest absolute Gasteiger partial charge is 0.433 e. The summed E-state index contributed by atoms with van der Waals surface area (Å²) in [5.74, 6) is 0.229. The maximum atomic E-state index is 13.0. The minimum Gasteiger partial charge on any atom is -0.433 e. The van der Waals surface area contributed by atoms with Crippen molar-refractivity contribution in [2.45, 2.75) is 6.04 Å². The van der Waals surface area contributed by atoms with Gasteiger partial charge in [-0.05, 0) is 17.7 Å². The van der Waals surface area contributed by atoms with E-state index in [2.05, 4.69) is 14.9 Å². The summed E-state index contributed by atoms with van der Waals surface area (Å²) in [6, 6.07) is 14.1. The van der Waals surface area contributed by atoms with Crippen LogP contribution >= 0.6 is 11.3 Å². The first-order valence-corrected chi connectivity index (χ1v) is 12.2. The molecule has 0 unspecified atom stereocenters. The molecular formula is C25H23N5O3S. The Hall–Kier alpha value is -3.56. The Morgan fingerprint density at radius 1 is 0.912 bits per heavy atom. The van der Waals surface area contributed by atoms with Gasteiger partial charge in [0.25, 0.3) is 11.8 Å². The molecule has 2 fully saturated rings. The second kappa shape index (κ2) is 8.66. The van der Waals surface area contributed by atoms with Crippen molar-refractivity contribution in [1.82, 2.24) is 24.7 Å². The van der Waals surface area contributed by atoms with Crippen LogP contribution in [-0.4, -0.2) is 81.8 Å². The third kappa shape index (κ3) is 3.86. The normalized spacial score (nSPS) is 17.2. The van der Waals surface area contributed by atoms with Crippen molar-refractivity contribution in [3.8, 4) is 11.1 Å². The Morgan fingerprint density at radius 3 is 2.44 bits per heavy atom. The summed E-state index contributed by atoms with van der Waals surface area (Å²) >= 11 is 1.38. The van der Waals surface area contributed by atoms with Crippen molar-refractivity contribution < 1.29 is 14.0 Å². The van der Waals surface area contributed by atoms with Gasteiger partial charge in [-0.2, -0.15) is 0 Å². The highest BCUT2D eigenvalue weighted by Crippen LogP contribution is 2.27. The zero-order chi connectivity index (χ0) is 23.1. The van der Waals surface area contributed by atoms with E-state index in [1.165, 1.54) is 11.3 Å². The van der Waals surface area contributed by atoms with Gasteiger partial charge >= 0.3 is 0 Å². The molecule has 9 heteroatoms. The minimum atomic E-state index is -0.104.